The molecule has 0 heterocycles. The quantitative estimate of drug-likeness (QED) is 0.696. The van der Waals surface area contributed by atoms with Crippen molar-refractivity contribution in [2.45, 2.75) is 6.18 Å². The van der Waals surface area contributed by atoms with Gasteiger partial charge in [0.15, 0.2) is 5.75 Å². The van der Waals surface area contributed by atoms with Crippen LogP contribution in [0.25, 0.3) is 0 Å². The third-order valence-electron chi connectivity index (χ3n) is 3.02. The monoisotopic (exact) mass is 397 g/mol. The van der Waals surface area contributed by atoms with Crippen molar-refractivity contribution in [2.75, 3.05) is 12.4 Å². The Morgan fingerprint density at radius 3 is 2.21 bits per heavy atom. The zero-order valence-electron chi connectivity index (χ0n) is 12.0. The van der Waals surface area contributed by atoms with Crippen LogP contribution in [0.2, 0.25) is 15.1 Å². The van der Waals surface area contributed by atoms with E-state index in [9.17, 15) is 18.0 Å². The zero-order chi connectivity index (χ0) is 18.1. The molecule has 1 N–H and O–H groups in total. The van der Waals surface area contributed by atoms with Crippen LogP contribution in [-0.2, 0) is 6.18 Å². The van der Waals surface area contributed by atoms with E-state index in [1.807, 2.05) is 0 Å². The summed E-state index contributed by atoms with van der Waals surface area (Å²) in [7, 11) is 1.29. The van der Waals surface area contributed by atoms with E-state index in [2.05, 4.69) is 5.32 Å². The molecule has 3 nitrogen and oxygen atoms in total. The number of carbonyl (C=O) groups excluding carboxylic acids is 1. The molecular formula is C15H9Cl3F3NO2. The Bertz CT molecular complexity index is 794. The number of halogens is 6. The van der Waals surface area contributed by atoms with Gasteiger partial charge in [0, 0.05) is 5.69 Å². The van der Waals surface area contributed by atoms with Gasteiger partial charge in [-0.05, 0) is 30.3 Å². The number of rotatable bonds is 3. The standard InChI is InChI=1S/C15H9Cl3F3NO2/c1-24-13-11(18)5-4-10(17)12(13)14(23)22-7-2-3-9(16)8(6-7)15(19,20)21/h2-6H,1H3,(H,22,23). The molecule has 2 rings (SSSR count). The Hall–Kier alpha value is -1.63. The molecule has 24 heavy (non-hydrogen) atoms. The Morgan fingerprint density at radius 1 is 1.04 bits per heavy atom. The highest BCUT2D eigenvalue weighted by Gasteiger charge is 2.33. The van der Waals surface area contributed by atoms with Crippen molar-refractivity contribution in [3.8, 4) is 5.75 Å². The van der Waals surface area contributed by atoms with Gasteiger partial charge in [-0.2, -0.15) is 13.2 Å². The van der Waals surface area contributed by atoms with Crippen LogP contribution >= 0.6 is 34.8 Å². The molecule has 2 aromatic carbocycles. The van der Waals surface area contributed by atoms with Gasteiger partial charge in [0.25, 0.3) is 5.91 Å². The van der Waals surface area contributed by atoms with Crippen molar-refractivity contribution >= 4 is 46.4 Å². The molecule has 9 heteroatoms. The van der Waals surface area contributed by atoms with E-state index in [1.54, 1.807) is 0 Å². The smallest absolute Gasteiger partial charge is 0.417 e. The molecule has 128 valence electrons. The molecule has 0 saturated heterocycles. The second kappa shape index (κ2) is 7.09. The number of hydrogen-bond donors (Lipinski definition) is 1. The molecule has 0 atom stereocenters. The minimum absolute atomic E-state index is 0.0201. The SMILES string of the molecule is COc1c(Cl)ccc(Cl)c1C(=O)Nc1ccc(Cl)c(C(F)(F)F)c1. The summed E-state index contributed by atoms with van der Waals surface area (Å²) in [4.78, 5) is 12.4. The first kappa shape index (κ1) is 18.7. The molecule has 1 amide bonds. The van der Waals surface area contributed by atoms with Crippen LogP contribution in [0.15, 0.2) is 30.3 Å². The average molecular weight is 399 g/mol. The summed E-state index contributed by atoms with van der Waals surface area (Å²) >= 11 is 17.4. The fraction of sp³-hybridized carbons (Fsp3) is 0.133. The van der Waals surface area contributed by atoms with Gasteiger partial charge in [0.2, 0.25) is 0 Å². The van der Waals surface area contributed by atoms with Crippen LogP contribution in [0, 0.1) is 0 Å². The zero-order valence-corrected chi connectivity index (χ0v) is 14.2. The largest absolute Gasteiger partial charge is 0.494 e. The molecule has 0 unspecified atom stereocenters. The molecule has 0 radical (unpaired) electrons. The lowest BCUT2D eigenvalue weighted by atomic mass is 10.1. The summed E-state index contributed by atoms with van der Waals surface area (Å²) in [5.74, 6) is -0.749. The third-order valence-corrected chi connectivity index (χ3v) is 3.96. The van der Waals surface area contributed by atoms with Crippen molar-refractivity contribution in [1.29, 1.82) is 0 Å². The first-order chi connectivity index (χ1) is 11.1. The molecule has 0 fully saturated rings. The summed E-state index contributed by atoms with van der Waals surface area (Å²) < 4.78 is 43.6. The van der Waals surface area contributed by atoms with Crippen molar-refractivity contribution in [2.24, 2.45) is 0 Å². The lowest BCUT2D eigenvalue weighted by molar-refractivity contribution is -0.137. The van der Waals surface area contributed by atoms with Crippen molar-refractivity contribution in [1.82, 2.24) is 0 Å². The van der Waals surface area contributed by atoms with Crippen LogP contribution < -0.4 is 10.1 Å². The van der Waals surface area contributed by atoms with Crippen LogP contribution in [0.5, 0.6) is 5.75 Å². The van der Waals surface area contributed by atoms with Crippen molar-refractivity contribution < 1.29 is 22.7 Å². The van der Waals surface area contributed by atoms with Crippen LogP contribution in [0.4, 0.5) is 18.9 Å². The Kier molecular flexibility index (Phi) is 5.52. The first-order valence-corrected chi connectivity index (χ1v) is 7.48. The molecule has 0 saturated carbocycles. The maximum atomic E-state index is 12.9. The molecule has 0 aliphatic rings. The Morgan fingerprint density at radius 2 is 1.62 bits per heavy atom. The second-order valence-electron chi connectivity index (χ2n) is 4.58. The maximum Gasteiger partial charge on any atom is 0.417 e. The van der Waals surface area contributed by atoms with E-state index < -0.39 is 22.7 Å². The van der Waals surface area contributed by atoms with Crippen LogP contribution in [-0.4, -0.2) is 13.0 Å². The highest BCUT2D eigenvalue weighted by molar-refractivity contribution is 6.37. The number of amides is 1. The maximum absolute atomic E-state index is 12.9. The van der Waals surface area contributed by atoms with Crippen LogP contribution in [0.3, 0.4) is 0 Å². The van der Waals surface area contributed by atoms with E-state index in [1.165, 1.54) is 25.3 Å². The van der Waals surface area contributed by atoms with Crippen LogP contribution in [0.1, 0.15) is 15.9 Å². The molecule has 0 spiro atoms. The van der Waals surface area contributed by atoms with E-state index in [4.69, 9.17) is 39.5 Å². The summed E-state index contributed by atoms with van der Waals surface area (Å²) in [6, 6.07) is 5.82. The fourth-order valence-electron chi connectivity index (χ4n) is 1.96. The number of benzene rings is 2. The second-order valence-corrected chi connectivity index (χ2v) is 5.81. The Labute approximate surface area is 150 Å². The fourth-order valence-corrected chi connectivity index (χ4v) is 2.65. The summed E-state index contributed by atoms with van der Waals surface area (Å²) in [6.45, 7) is 0. The van der Waals surface area contributed by atoms with Gasteiger partial charge >= 0.3 is 6.18 Å². The molecule has 0 aliphatic heterocycles. The van der Waals surface area contributed by atoms with Crippen molar-refractivity contribution in [3.05, 3.63) is 56.5 Å². The first-order valence-electron chi connectivity index (χ1n) is 6.35. The molecule has 0 bridgehead atoms. The lowest BCUT2D eigenvalue weighted by Crippen LogP contribution is -2.15. The molecule has 2 aromatic rings. The van der Waals surface area contributed by atoms with Gasteiger partial charge in [-0.15, -0.1) is 0 Å². The minimum Gasteiger partial charge on any atom is -0.494 e. The average Bonchev–Trinajstić information content (AvgIpc) is 2.49. The summed E-state index contributed by atoms with van der Waals surface area (Å²) in [5.41, 5.74) is -1.25. The van der Waals surface area contributed by atoms with Gasteiger partial charge in [0.05, 0.1) is 27.7 Å². The third kappa shape index (κ3) is 3.88. The highest BCUT2D eigenvalue weighted by Crippen LogP contribution is 2.37. The lowest BCUT2D eigenvalue weighted by Gasteiger charge is -2.14. The summed E-state index contributed by atoms with van der Waals surface area (Å²) in [6.07, 6.45) is -4.65. The number of methoxy groups -OCH3 is 1. The van der Waals surface area contributed by atoms with E-state index >= 15 is 0 Å². The highest BCUT2D eigenvalue weighted by atomic mass is 35.5. The van der Waals surface area contributed by atoms with Gasteiger partial charge in [-0.1, -0.05) is 34.8 Å². The van der Waals surface area contributed by atoms with Gasteiger partial charge in [-0.3, -0.25) is 4.79 Å². The van der Waals surface area contributed by atoms with E-state index in [0.29, 0.717) is 0 Å². The number of ether oxygens (including phenoxy) is 1. The van der Waals surface area contributed by atoms with Gasteiger partial charge in [0.1, 0.15) is 5.56 Å². The number of carbonyl (C=O) groups is 1. The summed E-state index contributed by atoms with van der Waals surface area (Å²) in [5, 5.41) is 2.03. The number of alkyl halides is 3. The number of nitrogens with one attached hydrogen (secondary N) is 1. The predicted molar refractivity (Wildman–Crippen MR) is 87.4 cm³/mol. The normalized spacial score (nSPS) is 11.3. The minimum atomic E-state index is -4.65. The van der Waals surface area contributed by atoms with Crippen molar-refractivity contribution in [3.63, 3.8) is 0 Å². The molecular weight excluding hydrogens is 390 g/mol. The topological polar surface area (TPSA) is 38.3 Å². The molecule has 0 aromatic heterocycles. The predicted octanol–water partition coefficient (Wildman–Crippen LogP) is 5.93. The molecule has 0 aliphatic carbocycles. The number of hydrogen-bond acceptors (Lipinski definition) is 2. The number of anilines is 1. The van der Waals surface area contributed by atoms with Gasteiger partial charge in [-0.25, -0.2) is 0 Å². The van der Waals surface area contributed by atoms with Gasteiger partial charge < -0.3 is 10.1 Å². The Balaban J connectivity index is 2.40. The van der Waals surface area contributed by atoms with E-state index in [0.717, 1.165) is 12.1 Å². The van der Waals surface area contributed by atoms with E-state index in [-0.39, 0.29) is 27.0 Å².